The van der Waals surface area contributed by atoms with Gasteiger partial charge < -0.3 is 9.64 Å². The van der Waals surface area contributed by atoms with Crippen LogP contribution in [0.2, 0.25) is 0 Å². The predicted octanol–water partition coefficient (Wildman–Crippen LogP) is 4.21. The first-order chi connectivity index (χ1) is 13.2. The Morgan fingerprint density at radius 2 is 1.78 bits per heavy atom. The Bertz CT molecular complexity index is 913. The summed E-state index contributed by atoms with van der Waals surface area (Å²) in [6, 6.07) is 15.9. The van der Waals surface area contributed by atoms with Crippen LogP contribution in [0.5, 0.6) is 0 Å². The second kappa shape index (κ2) is 7.90. The molecule has 1 aliphatic rings. The van der Waals surface area contributed by atoms with Crippen molar-refractivity contribution < 1.29 is 9.53 Å². The molecule has 2 aromatic carbocycles. The molecule has 27 heavy (non-hydrogen) atoms. The van der Waals surface area contributed by atoms with E-state index < -0.39 is 0 Å². The fourth-order valence-electron chi connectivity index (χ4n) is 3.00. The van der Waals surface area contributed by atoms with Gasteiger partial charge in [0, 0.05) is 35.3 Å². The first-order valence-corrected chi connectivity index (χ1v) is 9.84. The zero-order chi connectivity index (χ0) is 18.6. The average Bonchev–Trinajstić information content (AvgIpc) is 3.18. The number of nitrogens with zero attached hydrogens (tertiary/aromatic N) is 2. The Balaban J connectivity index is 1.42. The topological polar surface area (TPSA) is 54.5 Å². The van der Waals surface area contributed by atoms with Crippen LogP contribution in [0, 0.1) is 6.92 Å². The number of hydrogen-bond donors (Lipinski definition) is 1. The normalized spacial score (nSPS) is 14.2. The molecule has 3 aromatic rings. The van der Waals surface area contributed by atoms with E-state index in [0.717, 1.165) is 43.2 Å². The van der Waals surface area contributed by atoms with Crippen molar-refractivity contribution in [1.82, 2.24) is 4.98 Å². The van der Waals surface area contributed by atoms with Crippen LogP contribution in [0.25, 0.3) is 11.3 Å². The number of rotatable bonds is 4. The smallest absolute Gasteiger partial charge is 0.257 e. The lowest BCUT2D eigenvalue weighted by Crippen LogP contribution is -2.36. The Labute approximate surface area is 162 Å². The molecule has 0 saturated carbocycles. The third-order valence-corrected chi connectivity index (χ3v) is 5.34. The molecule has 0 radical (unpaired) electrons. The fraction of sp³-hybridized carbons (Fsp3) is 0.238. The third-order valence-electron chi connectivity index (χ3n) is 4.58. The number of hydrogen-bond acceptors (Lipinski definition) is 5. The summed E-state index contributed by atoms with van der Waals surface area (Å²) in [5.74, 6) is -0.145. The molecule has 138 valence electrons. The van der Waals surface area contributed by atoms with Crippen LogP contribution in [-0.4, -0.2) is 37.2 Å². The van der Waals surface area contributed by atoms with Crippen LogP contribution in [0.4, 0.5) is 10.8 Å². The summed E-state index contributed by atoms with van der Waals surface area (Å²) in [4.78, 5) is 19.3. The summed E-state index contributed by atoms with van der Waals surface area (Å²) in [6.45, 7) is 5.31. The molecule has 0 spiro atoms. The van der Waals surface area contributed by atoms with Crippen LogP contribution in [0.15, 0.2) is 53.9 Å². The highest BCUT2D eigenvalue weighted by atomic mass is 32.1. The van der Waals surface area contributed by atoms with E-state index in [1.165, 1.54) is 16.9 Å². The minimum atomic E-state index is -0.145. The lowest BCUT2D eigenvalue weighted by atomic mass is 10.1. The highest BCUT2D eigenvalue weighted by Gasteiger charge is 2.13. The number of aryl methyl sites for hydroxylation is 1. The van der Waals surface area contributed by atoms with Gasteiger partial charge in [-0.1, -0.05) is 29.8 Å². The van der Waals surface area contributed by atoms with E-state index >= 15 is 0 Å². The molecule has 2 heterocycles. The second-order valence-electron chi connectivity index (χ2n) is 6.50. The van der Waals surface area contributed by atoms with Gasteiger partial charge in [0.2, 0.25) is 0 Å². The molecule has 0 atom stereocenters. The van der Waals surface area contributed by atoms with Crippen molar-refractivity contribution in [1.29, 1.82) is 0 Å². The summed E-state index contributed by atoms with van der Waals surface area (Å²) in [7, 11) is 0. The number of anilines is 2. The van der Waals surface area contributed by atoms with Gasteiger partial charge in [0.15, 0.2) is 5.13 Å². The van der Waals surface area contributed by atoms with Crippen LogP contribution in [0.1, 0.15) is 15.9 Å². The number of thiazole rings is 1. The fourth-order valence-corrected chi connectivity index (χ4v) is 3.72. The maximum Gasteiger partial charge on any atom is 0.257 e. The summed E-state index contributed by atoms with van der Waals surface area (Å²) in [5.41, 5.74) is 4.87. The molecule has 1 amide bonds. The number of morpholine rings is 1. The molecular formula is C21H21N3O2S. The van der Waals surface area contributed by atoms with E-state index in [4.69, 9.17) is 4.74 Å². The van der Waals surface area contributed by atoms with Crippen molar-refractivity contribution in [3.8, 4) is 11.3 Å². The number of aromatic nitrogens is 1. The first kappa shape index (κ1) is 17.7. The summed E-state index contributed by atoms with van der Waals surface area (Å²) in [5, 5.41) is 5.46. The largest absolute Gasteiger partial charge is 0.378 e. The highest BCUT2D eigenvalue weighted by Crippen LogP contribution is 2.25. The van der Waals surface area contributed by atoms with E-state index in [1.54, 1.807) is 0 Å². The number of carbonyl (C=O) groups excluding carboxylic acids is 1. The summed E-state index contributed by atoms with van der Waals surface area (Å²) >= 11 is 1.43. The van der Waals surface area contributed by atoms with Crippen molar-refractivity contribution in [3.63, 3.8) is 0 Å². The molecular weight excluding hydrogens is 358 g/mol. The number of ether oxygens (including phenoxy) is 1. The van der Waals surface area contributed by atoms with E-state index in [0.29, 0.717) is 10.7 Å². The number of nitrogens with one attached hydrogen (secondary N) is 1. The molecule has 0 aliphatic carbocycles. The Hall–Kier alpha value is -2.70. The third kappa shape index (κ3) is 4.18. The molecule has 6 heteroatoms. The van der Waals surface area contributed by atoms with Gasteiger partial charge in [-0.3, -0.25) is 10.1 Å². The molecule has 1 aliphatic heterocycles. The van der Waals surface area contributed by atoms with Crippen LogP contribution < -0.4 is 10.2 Å². The van der Waals surface area contributed by atoms with Crippen molar-refractivity contribution in [2.75, 3.05) is 36.5 Å². The van der Waals surface area contributed by atoms with Gasteiger partial charge >= 0.3 is 0 Å². The monoisotopic (exact) mass is 379 g/mol. The first-order valence-electron chi connectivity index (χ1n) is 8.96. The van der Waals surface area contributed by atoms with Gasteiger partial charge in [0.25, 0.3) is 5.91 Å². The van der Waals surface area contributed by atoms with Gasteiger partial charge in [0.05, 0.1) is 18.9 Å². The van der Waals surface area contributed by atoms with Crippen molar-refractivity contribution >= 4 is 28.1 Å². The maximum atomic E-state index is 12.5. The Morgan fingerprint density at radius 1 is 1.07 bits per heavy atom. The summed E-state index contributed by atoms with van der Waals surface area (Å²) in [6.07, 6.45) is 0. The molecule has 5 nitrogen and oxygen atoms in total. The van der Waals surface area contributed by atoms with E-state index in [1.807, 2.05) is 41.8 Å². The molecule has 0 bridgehead atoms. The molecule has 0 unspecified atom stereocenters. The van der Waals surface area contributed by atoms with Crippen molar-refractivity contribution in [3.05, 3.63) is 65.0 Å². The predicted molar refractivity (Wildman–Crippen MR) is 110 cm³/mol. The minimum Gasteiger partial charge on any atom is -0.378 e. The van der Waals surface area contributed by atoms with Gasteiger partial charge in [-0.15, -0.1) is 11.3 Å². The molecule has 1 saturated heterocycles. The van der Waals surface area contributed by atoms with Crippen LogP contribution in [-0.2, 0) is 4.74 Å². The zero-order valence-corrected chi connectivity index (χ0v) is 16.0. The van der Waals surface area contributed by atoms with Gasteiger partial charge in [0.1, 0.15) is 0 Å². The van der Waals surface area contributed by atoms with E-state index in [-0.39, 0.29) is 5.91 Å². The standard InChI is InChI=1S/C21H21N3O2S/c1-15-2-4-16(5-3-15)19-14-27-21(22-19)23-20(25)17-6-8-18(9-7-17)24-10-12-26-13-11-24/h2-9,14H,10-13H2,1H3,(H,22,23,25). The lowest BCUT2D eigenvalue weighted by Gasteiger charge is -2.28. The molecule has 1 aromatic heterocycles. The lowest BCUT2D eigenvalue weighted by molar-refractivity contribution is 0.102. The summed E-state index contributed by atoms with van der Waals surface area (Å²) < 4.78 is 5.38. The molecule has 1 fully saturated rings. The highest BCUT2D eigenvalue weighted by molar-refractivity contribution is 7.14. The zero-order valence-electron chi connectivity index (χ0n) is 15.1. The van der Waals surface area contributed by atoms with E-state index in [9.17, 15) is 4.79 Å². The van der Waals surface area contributed by atoms with Gasteiger partial charge in [-0.2, -0.15) is 0 Å². The number of amides is 1. The molecule has 4 rings (SSSR count). The molecule has 1 N–H and O–H groups in total. The maximum absolute atomic E-state index is 12.5. The number of benzene rings is 2. The van der Waals surface area contributed by atoms with Crippen LogP contribution in [0.3, 0.4) is 0 Å². The SMILES string of the molecule is Cc1ccc(-c2csc(NC(=O)c3ccc(N4CCOCC4)cc3)n2)cc1. The quantitative estimate of drug-likeness (QED) is 0.738. The van der Waals surface area contributed by atoms with E-state index in [2.05, 4.69) is 34.3 Å². The van der Waals surface area contributed by atoms with Crippen LogP contribution >= 0.6 is 11.3 Å². The van der Waals surface area contributed by atoms with Crippen molar-refractivity contribution in [2.24, 2.45) is 0 Å². The Kier molecular flexibility index (Phi) is 5.18. The van der Waals surface area contributed by atoms with Crippen molar-refractivity contribution in [2.45, 2.75) is 6.92 Å². The average molecular weight is 379 g/mol. The Morgan fingerprint density at radius 3 is 2.48 bits per heavy atom. The second-order valence-corrected chi connectivity index (χ2v) is 7.36. The van der Waals surface area contributed by atoms with Gasteiger partial charge in [-0.05, 0) is 31.2 Å². The minimum absolute atomic E-state index is 0.145. The van der Waals surface area contributed by atoms with Gasteiger partial charge in [-0.25, -0.2) is 4.98 Å². The number of carbonyl (C=O) groups is 1.